The van der Waals surface area contributed by atoms with Crippen LogP contribution in [-0.2, 0) is 23.6 Å². The molecule has 0 radical (unpaired) electrons. The molecule has 0 saturated carbocycles. The SMILES string of the molecule is O=C1COS(=O)(=O)O1. The van der Waals surface area contributed by atoms with Gasteiger partial charge < -0.3 is 4.18 Å². The van der Waals surface area contributed by atoms with Crippen LogP contribution >= 0.6 is 0 Å². The Labute approximate surface area is 45.5 Å². The van der Waals surface area contributed by atoms with Crippen molar-refractivity contribution in [2.75, 3.05) is 6.61 Å². The van der Waals surface area contributed by atoms with Gasteiger partial charge >= 0.3 is 16.4 Å². The second kappa shape index (κ2) is 1.43. The van der Waals surface area contributed by atoms with E-state index in [1.807, 2.05) is 0 Å². The zero-order valence-electron chi connectivity index (χ0n) is 3.66. The molecule has 0 aromatic heterocycles. The molecule has 6 heteroatoms. The second-order valence-electron chi connectivity index (χ2n) is 1.13. The predicted molar refractivity (Wildman–Crippen MR) is 21.0 cm³/mol. The third-order valence-corrected chi connectivity index (χ3v) is 1.31. The van der Waals surface area contributed by atoms with Gasteiger partial charge in [0.2, 0.25) is 0 Å². The molecule has 0 amide bonds. The van der Waals surface area contributed by atoms with Gasteiger partial charge in [0.15, 0.2) is 6.61 Å². The molecule has 1 aliphatic heterocycles. The van der Waals surface area contributed by atoms with Crippen molar-refractivity contribution in [3.63, 3.8) is 0 Å². The molecule has 0 atom stereocenters. The molecule has 0 unspecified atom stereocenters. The predicted octanol–water partition coefficient (Wildman–Crippen LogP) is -1.20. The Morgan fingerprint density at radius 2 is 2.12 bits per heavy atom. The standard InChI is InChI=1S/C2H2O5S/c3-2-1-6-8(4,5)7-2/h1H2. The van der Waals surface area contributed by atoms with E-state index in [1.54, 1.807) is 0 Å². The average Bonchev–Trinajstić information content (AvgIpc) is 1.82. The lowest BCUT2D eigenvalue weighted by Crippen LogP contribution is -1.98. The Hall–Kier alpha value is -0.620. The zero-order valence-corrected chi connectivity index (χ0v) is 4.47. The van der Waals surface area contributed by atoms with Crippen LogP contribution in [0.2, 0.25) is 0 Å². The molecule has 1 saturated heterocycles. The van der Waals surface area contributed by atoms with Gasteiger partial charge in [-0.3, -0.25) is 0 Å². The van der Waals surface area contributed by atoms with Gasteiger partial charge in [0.25, 0.3) is 0 Å². The van der Waals surface area contributed by atoms with Crippen molar-refractivity contribution >= 4 is 16.4 Å². The van der Waals surface area contributed by atoms with Crippen molar-refractivity contribution in [3.05, 3.63) is 0 Å². The molecule has 1 aliphatic rings. The lowest BCUT2D eigenvalue weighted by molar-refractivity contribution is -0.131. The summed E-state index contributed by atoms with van der Waals surface area (Å²) in [5.41, 5.74) is 0. The molecule has 8 heavy (non-hydrogen) atoms. The molecule has 0 bridgehead atoms. The van der Waals surface area contributed by atoms with E-state index in [2.05, 4.69) is 8.37 Å². The van der Waals surface area contributed by atoms with Gasteiger partial charge in [-0.25, -0.2) is 8.98 Å². The van der Waals surface area contributed by atoms with Crippen LogP contribution in [0.4, 0.5) is 0 Å². The van der Waals surface area contributed by atoms with Gasteiger partial charge in [-0.05, 0) is 0 Å². The molecule has 46 valence electrons. The maximum atomic E-state index is 9.98. The monoisotopic (exact) mass is 138 g/mol. The summed E-state index contributed by atoms with van der Waals surface area (Å²) >= 11 is 0. The summed E-state index contributed by atoms with van der Waals surface area (Å²) in [5, 5.41) is 0. The fraction of sp³-hybridized carbons (Fsp3) is 0.500. The Kier molecular flexibility index (Phi) is 0.983. The van der Waals surface area contributed by atoms with Crippen LogP contribution < -0.4 is 0 Å². The Bertz CT molecular complexity index is 200. The number of hydrogen-bond donors (Lipinski definition) is 0. The van der Waals surface area contributed by atoms with Gasteiger partial charge in [-0.15, -0.1) is 0 Å². The highest BCUT2D eigenvalue weighted by molar-refractivity contribution is 7.82. The first-order valence-electron chi connectivity index (χ1n) is 1.72. The summed E-state index contributed by atoms with van der Waals surface area (Å²) in [5.74, 6) is -0.870. The molecule has 0 spiro atoms. The largest absolute Gasteiger partial charge is 0.452 e. The van der Waals surface area contributed by atoms with E-state index in [-0.39, 0.29) is 0 Å². The Morgan fingerprint density at radius 3 is 2.25 bits per heavy atom. The smallest absolute Gasteiger partial charge is 0.322 e. The number of hydrogen-bond acceptors (Lipinski definition) is 5. The van der Waals surface area contributed by atoms with Gasteiger partial charge in [-0.2, -0.15) is 8.42 Å². The Balaban J connectivity index is 2.86. The molecule has 0 aliphatic carbocycles. The molecule has 1 heterocycles. The van der Waals surface area contributed by atoms with Crippen LogP contribution in [0, 0.1) is 0 Å². The van der Waals surface area contributed by atoms with Gasteiger partial charge in [-0.1, -0.05) is 0 Å². The maximum Gasteiger partial charge on any atom is 0.452 e. The lowest BCUT2D eigenvalue weighted by Gasteiger charge is -1.82. The third-order valence-electron chi connectivity index (χ3n) is 0.516. The first-order valence-corrected chi connectivity index (χ1v) is 3.05. The minimum absolute atomic E-state index is 0.498. The number of rotatable bonds is 0. The fourth-order valence-electron chi connectivity index (χ4n) is 0.282. The quantitative estimate of drug-likeness (QED) is 0.420. The van der Waals surface area contributed by atoms with Crippen molar-refractivity contribution in [2.24, 2.45) is 0 Å². The first-order chi connectivity index (χ1) is 3.60. The highest BCUT2D eigenvalue weighted by Crippen LogP contribution is 2.04. The summed E-state index contributed by atoms with van der Waals surface area (Å²) in [6.07, 6.45) is 0. The maximum absolute atomic E-state index is 9.98. The highest BCUT2D eigenvalue weighted by Gasteiger charge is 2.27. The van der Waals surface area contributed by atoms with Crippen molar-refractivity contribution in [1.29, 1.82) is 0 Å². The van der Waals surface area contributed by atoms with E-state index in [1.165, 1.54) is 0 Å². The fourth-order valence-corrected chi connectivity index (χ4v) is 0.847. The molecule has 0 aromatic rings. The van der Waals surface area contributed by atoms with Crippen molar-refractivity contribution in [1.82, 2.24) is 0 Å². The van der Waals surface area contributed by atoms with Crippen LogP contribution in [0.3, 0.4) is 0 Å². The van der Waals surface area contributed by atoms with Gasteiger partial charge in [0, 0.05) is 0 Å². The molecule has 0 aromatic carbocycles. The van der Waals surface area contributed by atoms with Gasteiger partial charge in [0.1, 0.15) is 0 Å². The van der Waals surface area contributed by atoms with Crippen molar-refractivity contribution in [3.8, 4) is 0 Å². The van der Waals surface area contributed by atoms with E-state index in [9.17, 15) is 13.2 Å². The molecule has 1 rings (SSSR count). The summed E-state index contributed by atoms with van der Waals surface area (Å²) in [7, 11) is -3.95. The van der Waals surface area contributed by atoms with E-state index in [0.29, 0.717) is 0 Å². The van der Waals surface area contributed by atoms with Gasteiger partial charge in [0.05, 0.1) is 0 Å². The van der Waals surface area contributed by atoms with Crippen LogP contribution in [0.15, 0.2) is 0 Å². The van der Waals surface area contributed by atoms with Crippen LogP contribution in [0.1, 0.15) is 0 Å². The van der Waals surface area contributed by atoms with E-state index >= 15 is 0 Å². The zero-order chi connectivity index (χ0) is 6.20. The third kappa shape index (κ3) is 0.958. The van der Waals surface area contributed by atoms with Crippen LogP contribution in [-0.4, -0.2) is 21.0 Å². The Morgan fingerprint density at radius 1 is 1.50 bits per heavy atom. The van der Waals surface area contributed by atoms with E-state index in [4.69, 9.17) is 0 Å². The first kappa shape index (κ1) is 5.52. The number of carbonyl (C=O) groups excluding carboxylic acids is 1. The highest BCUT2D eigenvalue weighted by atomic mass is 32.3. The molecular formula is C2H2O5S. The van der Waals surface area contributed by atoms with Crippen LogP contribution in [0.5, 0.6) is 0 Å². The van der Waals surface area contributed by atoms with Crippen molar-refractivity contribution in [2.45, 2.75) is 0 Å². The normalized spacial score (nSPS) is 25.2. The molecule has 1 fully saturated rings. The topological polar surface area (TPSA) is 69.7 Å². The molecule has 0 N–H and O–H groups in total. The minimum atomic E-state index is -3.95. The molecular weight excluding hydrogens is 136 g/mol. The van der Waals surface area contributed by atoms with E-state index < -0.39 is 23.0 Å². The van der Waals surface area contributed by atoms with E-state index in [0.717, 1.165) is 0 Å². The summed E-state index contributed by atoms with van der Waals surface area (Å²) in [6.45, 7) is -0.498. The van der Waals surface area contributed by atoms with Crippen LogP contribution in [0.25, 0.3) is 0 Å². The number of carbonyl (C=O) groups is 1. The summed E-state index contributed by atoms with van der Waals surface area (Å²) in [6, 6.07) is 0. The molecule has 5 nitrogen and oxygen atoms in total. The minimum Gasteiger partial charge on any atom is -0.322 e. The summed E-state index contributed by atoms with van der Waals surface area (Å²) < 4.78 is 27.5. The second-order valence-corrected chi connectivity index (χ2v) is 2.34. The lowest BCUT2D eigenvalue weighted by atomic mass is 10.8. The van der Waals surface area contributed by atoms with Crippen molar-refractivity contribution < 1.29 is 21.6 Å². The average molecular weight is 138 g/mol. The summed E-state index contributed by atoms with van der Waals surface area (Å²) in [4.78, 5) is 9.93.